The van der Waals surface area contributed by atoms with E-state index in [1.807, 2.05) is 0 Å². The van der Waals surface area contributed by atoms with Gasteiger partial charge in [-0.05, 0) is 31.5 Å². The van der Waals surface area contributed by atoms with Crippen molar-refractivity contribution < 1.29 is 37.2 Å². The molecule has 1 amide bonds. The number of hydrogen-bond acceptors (Lipinski definition) is 11. The molecule has 14 nitrogen and oxygen atoms in total. The Bertz CT molecular complexity index is 1640. The second-order valence-electron chi connectivity index (χ2n) is 9.78. The number of sulfone groups is 1. The molecule has 2 aliphatic heterocycles. The van der Waals surface area contributed by atoms with Crippen LogP contribution in [0.15, 0.2) is 54.6 Å². The molecule has 0 saturated carbocycles. The van der Waals surface area contributed by atoms with E-state index in [0.717, 1.165) is 4.90 Å². The molecule has 0 bridgehead atoms. The Morgan fingerprint density at radius 2 is 1.80 bits per heavy atom. The van der Waals surface area contributed by atoms with Crippen molar-refractivity contribution in [1.29, 1.82) is 0 Å². The molecule has 0 spiro atoms. The van der Waals surface area contributed by atoms with E-state index in [1.165, 1.54) is 35.9 Å². The number of ether oxygens (including phenoxy) is 2. The zero-order valence-electron chi connectivity index (χ0n) is 22.0. The van der Waals surface area contributed by atoms with Gasteiger partial charge in [0, 0.05) is 17.7 Å². The third-order valence-electron chi connectivity index (χ3n) is 7.28. The standard InChI is InChI=1S/C26H25N5O9S/c1-3-39-24(33)21-22(17-7-5-4-6-8-17)29(28-27-21)15-26(2)23(30-19(32)13-20(30)41(26,37)38)25(34)40-14-16-9-11-18(12-10-16)31(35)36/h4-12,20,23H,3,13-15H2,1-2H3/t20-,23-,26-/m0/s1. The minimum atomic E-state index is -4.15. The van der Waals surface area contributed by atoms with Crippen LogP contribution in [-0.4, -0.2) is 73.9 Å². The topological polar surface area (TPSA) is 181 Å². The quantitative estimate of drug-likeness (QED) is 0.155. The first-order valence-corrected chi connectivity index (χ1v) is 14.1. The number of hydrogen-bond donors (Lipinski definition) is 0. The Balaban J connectivity index is 1.50. The molecule has 2 fully saturated rings. The summed E-state index contributed by atoms with van der Waals surface area (Å²) >= 11 is 0. The average molecular weight is 584 g/mol. The Kier molecular flexibility index (Phi) is 7.07. The van der Waals surface area contributed by atoms with Crippen LogP contribution in [0.3, 0.4) is 0 Å². The van der Waals surface area contributed by atoms with Crippen LogP contribution >= 0.6 is 0 Å². The van der Waals surface area contributed by atoms with Crippen LogP contribution < -0.4 is 0 Å². The van der Waals surface area contributed by atoms with Gasteiger partial charge in [0.25, 0.3) is 5.69 Å². The van der Waals surface area contributed by atoms with Gasteiger partial charge in [0.2, 0.25) is 5.91 Å². The summed E-state index contributed by atoms with van der Waals surface area (Å²) in [5.74, 6) is -2.24. The Morgan fingerprint density at radius 1 is 1.12 bits per heavy atom. The summed E-state index contributed by atoms with van der Waals surface area (Å²) in [6, 6.07) is 12.4. The third kappa shape index (κ3) is 4.61. The third-order valence-corrected chi connectivity index (χ3v) is 10.0. The van der Waals surface area contributed by atoms with Gasteiger partial charge in [-0.1, -0.05) is 35.5 Å². The number of carbonyl (C=O) groups is 3. The second-order valence-corrected chi connectivity index (χ2v) is 12.3. The smallest absolute Gasteiger partial charge is 0.361 e. The number of nitrogens with zero attached hydrogens (tertiary/aromatic N) is 5. The number of β-lactam (4-membered cyclic amide) rings is 1. The lowest BCUT2D eigenvalue weighted by Gasteiger charge is -2.36. The van der Waals surface area contributed by atoms with Crippen LogP contribution in [0.25, 0.3) is 11.3 Å². The highest BCUT2D eigenvalue weighted by atomic mass is 32.2. The summed E-state index contributed by atoms with van der Waals surface area (Å²) in [6.45, 7) is 2.32. The molecular weight excluding hydrogens is 558 g/mol. The van der Waals surface area contributed by atoms with Crippen molar-refractivity contribution in [2.24, 2.45) is 0 Å². The first kappa shape index (κ1) is 27.9. The van der Waals surface area contributed by atoms with E-state index >= 15 is 0 Å². The van der Waals surface area contributed by atoms with Gasteiger partial charge >= 0.3 is 11.9 Å². The molecule has 41 heavy (non-hydrogen) atoms. The molecule has 3 aromatic rings. The molecule has 0 aliphatic carbocycles. The van der Waals surface area contributed by atoms with Gasteiger partial charge < -0.3 is 14.4 Å². The fourth-order valence-electron chi connectivity index (χ4n) is 5.16. The highest BCUT2D eigenvalue weighted by molar-refractivity contribution is 7.93. The van der Waals surface area contributed by atoms with E-state index < -0.39 is 55.3 Å². The molecule has 0 radical (unpaired) electrons. The van der Waals surface area contributed by atoms with Crippen LogP contribution in [0, 0.1) is 10.1 Å². The van der Waals surface area contributed by atoms with Gasteiger partial charge in [-0.3, -0.25) is 14.9 Å². The lowest BCUT2D eigenvalue weighted by atomic mass is 9.96. The monoisotopic (exact) mass is 583 g/mol. The summed E-state index contributed by atoms with van der Waals surface area (Å²) in [5.41, 5.74) is 0.858. The molecule has 2 aliphatic rings. The van der Waals surface area contributed by atoms with Crippen molar-refractivity contribution in [2.75, 3.05) is 6.61 Å². The Labute approximate surface area is 233 Å². The van der Waals surface area contributed by atoms with Crippen molar-refractivity contribution in [2.45, 2.75) is 49.6 Å². The number of benzene rings is 2. The van der Waals surface area contributed by atoms with Gasteiger partial charge in [0.15, 0.2) is 21.6 Å². The summed E-state index contributed by atoms with van der Waals surface area (Å²) in [6.07, 6.45) is -0.277. The molecule has 0 N–H and O–H groups in total. The molecule has 1 aromatic heterocycles. The van der Waals surface area contributed by atoms with E-state index in [1.54, 1.807) is 37.3 Å². The van der Waals surface area contributed by atoms with E-state index in [0.29, 0.717) is 11.1 Å². The fraction of sp³-hybridized carbons (Fsp3) is 0.346. The molecule has 3 heterocycles. The minimum absolute atomic E-state index is 0.0768. The molecule has 5 rings (SSSR count). The molecule has 2 saturated heterocycles. The van der Waals surface area contributed by atoms with Crippen molar-refractivity contribution in [3.63, 3.8) is 0 Å². The van der Waals surface area contributed by atoms with Gasteiger partial charge in [-0.25, -0.2) is 22.7 Å². The van der Waals surface area contributed by atoms with E-state index in [4.69, 9.17) is 9.47 Å². The normalized spacial score (nSPS) is 22.5. The van der Waals surface area contributed by atoms with Crippen molar-refractivity contribution in [3.05, 3.63) is 76.0 Å². The summed E-state index contributed by atoms with van der Waals surface area (Å²) in [7, 11) is -4.15. The number of nitro groups is 1. The number of carbonyl (C=O) groups excluding carboxylic acids is 3. The highest BCUT2D eigenvalue weighted by Gasteiger charge is 2.70. The second kappa shape index (κ2) is 10.4. The van der Waals surface area contributed by atoms with Crippen LogP contribution in [0.4, 0.5) is 5.69 Å². The minimum Gasteiger partial charge on any atom is -0.461 e. The lowest BCUT2D eigenvalue weighted by Crippen LogP contribution is -2.58. The predicted molar refractivity (Wildman–Crippen MR) is 141 cm³/mol. The Morgan fingerprint density at radius 3 is 2.41 bits per heavy atom. The predicted octanol–water partition coefficient (Wildman–Crippen LogP) is 1.89. The number of amides is 1. The number of rotatable bonds is 9. The molecule has 2 aromatic carbocycles. The molecule has 0 unspecified atom stereocenters. The zero-order valence-corrected chi connectivity index (χ0v) is 22.8. The maximum atomic E-state index is 13.8. The number of nitro benzene ring substituents is 1. The zero-order chi connectivity index (χ0) is 29.5. The number of non-ortho nitro benzene ring substituents is 1. The summed E-state index contributed by atoms with van der Waals surface area (Å²) < 4.78 is 37.5. The van der Waals surface area contributed by atoms with E-state index in [9.17, 15) is 32.9 Å². The molecule has 214 valence electrons. The first-order valence-electron chi connectivity index (χ1n) is 12.6. The number of aromatic nitrogens is 3. The average Bonchev–Trinajstić information content (AvgIpc) is 3.42. The largest absolute Gasteiger partial charge is 0.461 e. The summed E-state index contributed by atoms with van der Waals surface area (Å²) in [5, 5.41) is 17.7. The first-order chi connectivity index (χ1) is 19.5. The van der Waals surface area contributed by atoms with E-state index in [-0.39, 0.29) is 36.7 Å². The van der Waals surface area contributed by atoms with Crippen molar-refractivity contribution >= 4 is 33.4 Å². The van der Waals surface area contributed by atoms with Gasteiger partial charge in [-0.15, -0.1) is 5.10 Å². The van der Waals surface area contributed by atoms with Gasteiger partial charge in [0.1, 0.15) is 22.4 Å². The maximum absolute atomic E-state index is 13.8. The number of fused-ring (bicyclic) bond motifs is 1. The van der Waals surface area contributed by atoms with Crippen LogP contribution in [0.5, 0.6) is 0 Å². The maximum Gasteiger partial charge on any atom is 0.361 e. The van der Waals surface area contributed by atoms with Gasteiger partial charge in [-0.2, -0.15) is 0 Å². The Hall–Kier alpha value is -4.66. The number of esters is 2. The van der Waals surface area contributed by atoms with Crippen molar-refractivity contribution in [1.82, 2.24) is 19.9 Å². The highest BCUT2D eigenvalue weighted by Crippen LogP contribution is 2.47. The lowest BCUT2D eigenvalue weighted by molar-refractivity contribution is -0.384. The molecule has 15 heteroatoms. The van der Waals surface area contributed by atoms with Crippen LogP contribution in [-0.2, 0) is 42.1 Å². The van der Waals surface area contributed by atoms with Crippen molar-refractivity contribution in [3.8, 4) is 11.3 Å². The molecule has 3 atom stereocenters. The van der Waals surface area contributed by atoms with Crippen LogP contribution in [0.1, 0.15) is 36.3 Å². The SMILES string of the molecule is CCOC(=O)c1nnn(C[C@@]2(C)[C@H](C(=O)OCc3ccc([N+](=O)[O-])cc3)N3C(=O)C[C@@H]3S2(=O)=O)c1-c1ccccc1. The fourth-order valence-corrected chi connectivity index (χ4v) is 7.50. The summed E-state index contributed by atoms with van der Waals surface area (Å²) in [4.78, 5) is 50.1. The molecular formula is C26H25N5O9S. The van der Waals surface area contributed by atoms with Crippen LogP contribution in [0.2, 0.25) is 0 Å². The van der Waals surface area contributed by atoms with Gasteiger partial charge in [0.05, 0.1) is 24.5 Å². The van der Waals surface area contributed by atoms with E-state index in [2.05, 4.69) is 10.3 Å².